The van der Waals surface area contributed by atoms with Gasteiger partial charge in [-0.2, -0.15) is 0 Å². The number of hydrogen-bond acceptors (Lipinski definition) is 3. The molecule has 5 heteroatoms. The van der Waals surface area contributed by atoms with Crippen molar-refractivity contribution in [2.24, 2.45) is 0 Å². The first-order valence-electron chi connectivity index (χ1n) is 3.69. The van der Waals surface area contributed by atoms with Crippen molar-refractivity contribution in [3.05, 3.63) is 32.6 Å². The predicted molar refractivity (Wildman–Crippen MR) is 45.3 cm³/mol. The smallest absolute Gasteiger partial charge is 0.319 e. The van der Waals surface area contributed by atoms with Gasteiger partial charge < -0.3 is 10.3 Å². The molecule has 0 saturated heterocycles. The summed E-state index contributed by atoms with van der Waals surface area (Å²) in [5.41, 5.74) is -0.156. The van der Waals surface area contributed by atoms with E-state index in [4.69, 9.17) is 0 Å². The van der Waals surface area contributed by atoms with E-state index in [1.54, 1.807) is 0 Å². The summed E-state index contributed by atoms with van der Waals surface area (Å²) in [5, 5.41) is 2.92. The lowest BCUT2D eigenvalue weighted by Crippen LogP contribution is -2.24. The second kappa shape index (κ2) is 3.87. The van der Waals surface area contributed by atoms with Crippen molar-refractivity contribution in [3.8, 4) is 0 Å². The van der Waals surface area contributed by atoms with Gasteiger partial charge in [-0.25, -0.2) is 4.79 Å². The molecule has 0 atom stereocenters. The van der Waals surface area contributed by atoms with Crippen molar-refractivity contribution in [2.45, 2.75) is 6.42 Å². The molecule has 0 amide bonds. The molecule has 0 aliphatic rings. The molecular formula is C7H11N3O2. The maximum atomic E-state index is 10.8. The predicted octanol–water partition coefficient (Wildman–Crippen LogP) is -1.17. The van der Waals surface area contributed by atoms with E-state index >= 15 is 0 Å². The SMILES string of the molecule is CNCCc1cc(=O)[nH]c(=O)[nH]1. The lowest BCUT2D eigenvalue weighted by Gasteiger charge is -1.97. The normalized spacial score (nSPS) is 10.1. The molecule has 5 nitrogen and oxygen atoms in total. The summed E-state index contributed by atoms with van der Waals surface area (Å²) >= 11 is 0. The molecule has 66 valence electrons. The minimum Gasteiger partial charge on any atom is -0.319 e. The zero-order chi connectivity index (χ0) is 8.97. The van der Waals surface area contributed by atoms with Crippen LogP contribution >= 0.6 is 0 Å². The molecule has 0 aliphatic heterocycles. The number of H-pyrrole nitrogens is 2. The zero-order valence-electron chi connectivity index (χ0n) is 6.81. The standard InChI is InChI=1S/C7H11N3O2/c1-8-3-2-5-4-6(11)10-7(12)9-5/h4,8H,2-3H2,1H3,(H2,9,10,11,12). The Morgan fingerprint density at radius 3 is 2.75 bits per heavy atom. The summed E-state index contributed by atoms with van der Waals surface area (Å²) < 4.78 is 0. The van der Waals surface area contributed by atoms with Gasteiger partial charge in [0.25, 0.3) is 5.56 Å². The molecule has 1 aromatic heterocycles. The molecule has 1 aromatic rings. The van der Waals surface area contributed by atoms with Crippen molar-refractivity contribution in [2.75, 3.05) is 13.6 Å². The average molecular weight is 169 g/mol. The van der Waals surface area contributed by atoms with Crippen LogP contribution in [0.15, 0.2) is 15.7 Å². The van der Waals surface area contributed by atoms with E-state index in [2.05, 4.69) is 15.3 Å². The van der Waals surface area contributed by atoms with Crippen LogP contribution in [0.1, 0.15) is 5.69 Å². The average Bonchev–Trinajstić information content (AvgIpc) is 1.99. The highest BCUT2D eigenvalue weighted by Gasteiger charge is 1.94. The third-order valence-corrected chi connectivity index (χ3v) is 1.46. The van der Waals surface area contributed by atoms with E-state index in [9.17, 15) is 9.59 Å². The number of aromatic nitrogens is 2. The Labute approximate surface area is 68.8 Å². The van der Waals surface area contributed by atoms with Gasteiger partial charge in [-0.3, -0.25) is 9.78 Å². The zero-order valence-corrected chi connectivity index (χ0v) is 6.81. The van der Waals surface area contributed by atoms with Crippen LogP contribution in [-0.4, -0.2) is 23.6 Å². The van der Waals surface area contributed by atoms with E-state index in [1.165, 1.54) is 6.07 Å². The molecule has 0 aromatic carbocycles. The quantitative estimate of drug-likeness (QED) is 0.533. The highest BCUT2D eigenvalue weighted by Crippen LogP contribution is 1.84. The first-order valence-corrected chi connectivity index (χ1v) is 3.69. The fraction of sp³-hybridized carbons (Fsp3) is 0.429. The number of likely N-dealkylation sites (N-methyl/N-ethyl adjacent to an activating group) is 1. The Kier molecular flexibility index (Phi) is 2.82. The van der Waals surface area contributed by atoms with Crippen LogP contribution in [0, 0.1) is 0 Å². The van der Waals surface area contributed by atoms with Gasteiger partial charge in [0.05, 0.1) is 0 Å². The Morgan fingerprint density at radius 2 is 2.17 bits per heavy atom. The van der Waals surface area contributed by atoms with E-state index < -0.39 is 5.69 Å². The van der Waals surface area contributed by atoms with Gasteiger partial charge in [0.2, 0.25) is 0 Å². The van der Waals surface area contributed by atoms with Gasteiger partial charge in [-0.1, -0.05) is 0 Å². The number of aromatic amines is 2. The minimum absolute atomic E-state index is 0.357. The van der Waals surface area contributed by atoms with Crippen molar-refractivity contribution < 1.29 is 0 Å². The van der Waals surface area contributed by atoms with E-state index in [1.807, 2.05) is 7.05 Å². The van der Waals surface area contributed by atoms with Crippen LogP contribution in [0.5, 0.6) is 0 Å². The molecule has 0 radical (unpaired) electrons. The molecular weight excluding hydrogens is 158 g/mol. The fourth-order valence-electron chi connectivity index (χ4n) is 0.914. The monoisotopic (exact) mass is 169 g/mol. The number of rotatable bonds is 3. The molecule has 1 rings (SSSR count). The highest BCUT2D eigenvalue weighted by atomic mass is 16.2. The van der Waals surface area contributed by atoms with Crippen LogP contribution in [0.4, 0.5) is 0 Å². The van der Waals surface area contributed by atoms with Crippen LogP contribution in [-0.2, 0) is 6.42 Å². The van der Waals surface area contributed by atoms with E-state index in [0.717, 1.165) is 6.54 Å². The van der Waals surface area contributed by atoms with Crippen LogP contribution in [0.3, 0.4) is 0 Å². The van der Waals surface area contributed by atoms with Gasteiger partial charge in [0.15, 0.2) is 0 Å². The van der Waals surface area contributed by atoms with Crippen LogP contribution in [0.2, 0.25) is 0 Å². The Morgan fingerprint density at radius 1 is 1.42 bits per heavy atom. The molecule has 0 bridgehead atoms. The van der Waals surface area contributed by atoms with Crippen molar-refractivity contribution in [1.29, 1.82) is 0 Å². The van der Waals surface area contributed by atoms with E-state index in [0.29, 0.717) is 12.1 Å². The molecule has 12 heavy (non-hydrogen) atoms. The summed E-state index contributed by atoms with van der Waals surface area (Å²) in [7, 11) is 1.81. The van der Waals surface area contributed by atoms with Crippen molar-refractivity contribution >= 4 is 0 Å². The number of hydrogen-bond donors (Lipinski definition) is 3. The van der Waals surface area contributed by atoms with Gasteiger partial charge in [-0.05, 0) is 7.05 Å². The van der Waals surface area contributed by atoms with Gasteiger partial charge >= 0.3 is 5.69 Å². The fourth-order valence-corrected chi connectivity index (χ4v) is 0.914. The van der Waals surface area contributed by atoms with E-state index in [-0.39, 0.29) is 5.56 Å². The molecule has 3 N–H and O–H groups in total. The second-order valence-electron chi connectivity index (χ2n) is 2.47. The highest BCUT2D eigenvalue weighted by molar-refractivity contribution is 4.98. The molecule has 0 saturated carbocycles. The Hall–Kier alpha value is -1.36. The van der Waals surface area contributed by atoms with Gasteiger partial charge in [0.1, 0.15) is 0 Å². The van der Waals surface area contributed by atoms with Crippen LogP contribution < -0.4 is 16.6 Å². The molecule has 0 aliphatic carbocycles. The Balaban J connectivity index is 2.86. The maximum absolute atomic E-state index is 10.8. The lowest BCUT2D eigenvalue weighted by atomic mass is 10.3. The summed E-state index contributed by atoms with van der Waals surface area (Å²) in [4.78, 5) is 26.2. The molecule has 1 heterocycles. The maximum Gasteiger partial charge on any atom is 0.325 e. The van der Waals surface area contributed by atoms with Crippen LogP contribution in [0.25, 0.3) is 0 Å². The van der Waals surface area contributed by atoms with Crippen molar-refractivity contribution in [1.82, 2.24) is 15.3 Å². The summed E-state index contributed by atoms with van der Waals surface area (Å²) in [6.07, 6.45) is 0.648. The summed E-state index contributed by atoms with van der Waals surface area (Å²) in [6.45, 7) is 0.736. The van der Waals surface area contributed by atoms with Gasteiger partial charge in [-0.15, -0.1) is 0 Å². The number of nitrogens with one attached hydrogen (secondary N) is 3. The Bertz CT molecular complexity index is 324. The third kappa shape index (κ3) is 2.35. The van der Waals surface area contributed by atoms with Gasteiger partial charge in [0, 0.05) is 24.7 Å². The van der Waals surface area contributed by atoms with Crippen molar-refractivity contribution in [3.63, 3.8) is 0 Å². The second-order valence-corrected chi connectivity index (χ2v) is 2.47. The third-order valence-electron chi connectivity index (χ3n) is 1.46. The topological polar surface area (TPSA) is 77.8 Å². The molecule has 0 spiro atoms. The largest absolute Gasteiger partial charge is 0.325 e. The summed E-state index contributed by atoms with van der Waals surface area (Å²) in [5.74, 6) is 0. The minimum atomic E-state index is -0.450. The first kappa shape index (κ1) is 8.73. The summed E-state index contributed by atoms with van der Waals surface area (Å²) in [6, 6.07) is 1.39. The molecule has 0 fully saturated rings. The lowest BCUT2D eigenvalue weighted by molar-refractivity contribution is 0.766. The molecule has 0 unspecified atom stereocenters. The first-order chi connectivity index (χ1) is 5.72.